The van der Waals surface area contributed by atoms with Crippen molar-refractivity contribution in [1.82, 2.24) is 24.5 Å². The first-order chi connectivity index (χ1) is 31.7. The minimum atomic E-state index is 0.485. The predicted molar refractivity (Wildman–Crippen MR) is 261 cm³/mol. The van der Waals surface area contributed by atoms with Crippen molar-refractivity contribution < 1.29 is 4.42 Å². The second-order valence-corrected chi connectivity index (χ2v) is 16.2. The van der Waals surface area contributed by atoms with Gasteiger partial charge in [0, 0.05) is 44.6 Å². The molecular formula is C58H35N5O. The number of hydrogen-bond acceptors (Lipinski definition) is 5. The molecule has 0 radical (unpaired) electrons. The molecule has 13 rings (SSSR count). The van der Waals surface area contributed by atoms with E-state index in [9.17, 15) is 0 Å². The topological polar surface area (TPSA) is 69.6 Å². The number of pyridine rings is 1. The van der Waals surface area contributed by atoms with Crippen molar-refractivity contribution in [2.45, 2.75) is 0 Å². The number of furan rings is 1. The Labute approximate surface area is 367 Å². The molecule has 0 unspecified atom stereocenters. The van der Waals surface area contributed by atoms with Crippen LogP contribution in [0.4, 0.5) is 0 Å². The lowest BCUT2D eigenvalue weighted by molar-refractivity contribution is 0.668. The Bertz CT molecular complexity index is 3940. The zero-order valence-corrected chi connectivity index (χ0v) is 34.4. The van der Waals surface area contributed by atoms with Crippen molar-refractivity contribution in [3.05, 3.63) is 212 Å². The number of rotatable bonds is 6. The van der Waals surface area contributed by atoms with Crippen LogP contribution in [-0.4, -0.2) is 24.5 Å². The minimum absolute atomic E-state index is 0.485. The van der Waals surface area contributed by atoms with E-state index in [1.807, 2.05) is 30.3 Å². The van der Waals surface area contributed by atoms with Crippen LogP contribution in [0, 0.1) is 0 Å². The van der Waals surface area contributed by atoms with E-state index in [1.54, 1.807) is 6.20 Å². The Morgan fingerprint density at radius 2 is 0.953 bits per heavy atom. The van der Waals surface area contributed by atoms with Crippen LogP contribution >= 0.6 is 0 Å². The van der Waals surface area contributed by atoms with E-state index in [1.165, 1.54) is 43.7 Å². The van der Waals surface area contributed by atoms with Gasteiger partial charge in [-0.2, -0.15) is 0 Å². The van der Waals surface area contributed by atoms with Crippen LogP contribution in [-0.2, 0) is 0 Å². The third-order valence-electron chi connectivity index (χ3n) is 12.5. The molecule has 0 amide bonds. The van der Waals surface area contributed by atoms with Gasteiger partial charge in [-0.15, -0.1) is 0 Å². The van der Waals surface area contributed by atoms with Crippen LogP contribution in [0.15, 0.2) is 217 Å². The van der Waals surface area contributed by atoms with Gasteiger partial charge in [0.2, 0.25) is 0 Å². The molecule has 0 aliphatic heterocycles. The van der Waals surface area contributed by atoms with Gasteiger partial charge in [-0.05, 0) is 74.8 Å². The molecule has 64 heavy (non-hydrogen) atoms. The first-order valence-electron chi connectivity index (χ1n) is 21.4. The summed E-state index contributed by atoms with van der Waals surface area (Å²) in [6.45, 7) is 0. The molecule has 0 N–H and O–H groups in total. The van der Waals surface area contributed by atoms with Crippen molar-refractivity contribution in [3.8, 4) is 62.2 Å². The summed E-state index contributed by atoms with van der Waals surface area (Å²) in [4.78, 5) is 20.1. The molecular weight excluding hydrogens is 783 g/mol. The van der Waals surface area contributed by atoms with Crippen LogP contribution in [0.1, 0.15) is 0 Å². The number of nitrogens with zero attached hydrogens (tertiary/aromatic N) is 5. The highest BCUT2D eigenvalue weighted by Gasteiger charge is 2.20. The van der Waals surface area contributed by atoms with Crippen LogP contribution in [0.2, 0.25) is 0 Å². The summed E-state index contributed by atoms with van der Waals surface area (Å²) in [6.07, 6.45) is 1.75. The van der Waals surface area contributed by atoms with Gasteiger partial charge in [-0.3, -0.25) is 4.98 Å². The average molecular weight is 818 g/mol. The van der Waals surface area contributed by atoms with E-state index in [2.05, 4.69) is 180 Å². The van der Waals surface area contributed by atoms with E-state index < -0.39 is 0 Å². The average Bonchev–Trinajstić information content (AvgIpc) is 3.92. The first kappa shape index (κ1) is 36.0. The molecule has 6 heteroatoms. The van der Waals surface area contributed by atoms with E-state index in [4.69, 9.17) is 24.4 Å². The number of para-hydroxylation sites is 1. The maximum atomic E-state index is 6.24. The van der Waals surface area contributed by atoms with E-state index in [0.29, 0.717) is 23.2 Å². The first-order valence-corrected chi connectivity index (χ1v) is 21.4. The predicted octanol–water partition coefficient (Wildman–Crippen LogP) is 14.9. The van der Waals surface area contributed by atoms with Crippen molar-refractivity contribution in [3.63, 3.8) is 0 Å². The molecule has 9 aromatic carbocycles. The number of fused-ring (bicyclic) bond motifs is 9. The van der Waals surface area contributed by atoms with Crippen LogP contribution < -0.4 is 0 Å². The molecule has 13 aromatic rings. The highest BCUT2D eigenvalue weighted by atomic mass is 16.3. The van der Waals surface area contributed by atoms with Crippen molar-refractivity contribution >= 4 is 65.3 Å². The highest BCUT2D eigenvalue weighted by Crippen LogP contribution is 2.40. The molecule has 0 saturated heterocycles. The fourth-order valence-electron chi connectivity index (χ4n) is 9.38. The molecule has 298 valence electrons. The second kappa shape index (κ2) is 14.4. The number of benzene rings is 9. The molecule has 0 aliphatic carbocycles. The summed E-state index contributed by atoms with van der Waals surface area (Å²) in [5, 5.41) is 9.03. The molecule has 4 heterocycles. The molecule has 0 aliphatic rings. The Kier molecular flexibility index (Phi) is 8.11. The van der Waals surface area contributed by atoms with Gasteiger partial charge >= 0.3 is 0 Å². The lowest BCUT2D eigenvalue weighted by Crippen LogP contribution is -2.01. The number of aromatic nitrogens is 5. The maximum Gasteiger partial charge on any atom is 0.183 e. The lowest BCUT2D eigenvalue weighted by atomic mass is 10.0. The molecule has 0 spiro atoms. The maximum absolute atomic E-state index is 6.24. The fraction of sp³-hybridized carbons (Fsp3) is 0. The lowest BCUT2D eigenvalue weighted by Gasteiger charge is -2.12. The highest BCUT2D eigenvalue weighted by molar-refractivity contribution is 6.19. The smallest absolute Gasteiger partial charge is 0.183 e. The molecule has 0 bridgehead atoms. The zero-order valence-electron chi connectivity index (χ0n) is 34.4. The normalized spacial score (nSPS) is 11.8. The Balaban J connectivity index is 0.910. The Morgan fingerprint density at radius 3 is 1.78 bits per heavy atom. The third kappa shape index (κ3) is 5.88. The second-order valence-electron chi connectivity index (χ2n) is 16.2. The van der Waals surface area contributed by atoms with Crippen LogP contribution in [0.5, 0.6) is 0 Å². The Morgan fingerprint density at radius 1 is 0.359 bits per heavy atom. The van der Waals surface area contributed by atoms with Gasteiger partial charge in [0.15, 0.2) is 17.5 Å². The molecule has 4 aromatic heterocycles. The van der Waals surface area contributed by atoms with Crippen LogP contribution in [0.25, 0.3) is 128 Å². The Hall–Kier alpha value is -8.74. The quantitative estimate of drug-likeness (QED) is 0.167. The van der Waals surface area contributed by atoms with E-state index in [0.717, 1.165) is 60.7 Å². The summed E-state index contributed by atoms with van der Waals surface area (Å²) in [5.41, 5.74) is 12.0. The van der Waals surface area contributed by atoms with E-state index in [-0.39, 0.29) is 0 Å². The SMILES string of the molecule is c1ccc(-c2ccc3c4ccc5ccccc5c4n(-c4ccc(-c5ccc(-c6nc(-c7ccc8ccccc8c7)nc(-c7nccc8oc9ccccc9c78)n6)cc5)cc4)c3c2)cc1. The van der Waals surface area contributed by atoms with Crippen molar-refractivity contribution in [2.75, 3.05) is 0 Å². The molecule has 0 atom stereocenters. The van der Waals surface area contributed by atoms with Gasteiger partial charge < -0.3 is 8.98 Å². The van der Waals surface area contributed by atoms with Gasteiger partial charge in [0.25, 0.3) is 0 Å². The van der Waals surface area contributed by atoms with Gasteiger partial charge in [-0.1, -0.05) is 170 Å². The van der Waals surface area contributed by atoms with Gasteiger partial charge in [0.05, 0.1) is 16.4 Å². The minimum Gasteiger partial charge on any atom is -0.456 e. The van der Waals surface area contributed by atoms with Gasteiger partial charge in [-0.25, -0.2) is 15.0 Å². The summed E-state index contributed by atoms with van der Waals surface area (Å²) in [6, 6.07) is 72.6. The summed E-state index contributed by atoms with van der Waals surface area (Å²) < 4.78 is 8.67. The van der Waals surface area contributed by atoms with Crippen molar-refractivity contribution in [1.29, 1.82) is 0 Å². The van der Waals surface area contributed by atoms with E-state index >= 15 is 0 Å². The molecule has 0 saturated carbocycles. The van der Waals surface area contributed by atoms with Crippen molar-refractivity contribution in [2.24, 2.45) is 0 Å². The third-order valence-corrected chi connectivity index (χ3v) is 12.5. The summed E-state index contributed by atoms with van der Waals surface area (Å²) >= 11 is 0. The van der Waals surface area contributed by atoms with Gasteiger partial charge in [0.1, 0.15) is 16.9 Å². The largest absolute Gasteiger partial charge is 0.456 e. The monoisotopic (exact) mass is 817 g/mol. The summed E-state index contributed by atoms with van der Waals surface area (Å²) in [5.74, 6) is 1.62. The standard InChI is InChI=1S/C58H35N5O/c1-2-10-36(11-3-1)43-27-30-47-48-31-26-40-13-6-7-15-46(40)55(48)63(50(47)35-43)45-28-24-39(25-29-45)38-18-21-41(22-19-38)56-60-57(44-23-20-37-12-4-5-14-42(37)34-44)62-58(61-56)54-53-49-16-8-9-17-51(49)64-52(53)32-33-59-54/h1-35H. The zero-order chi connectivity index (χ0) is 42.1. The molecule has 0 fully saturated rings. The number of hydrogen-bond donors (Lipinski definition) is 0. The summed E-state index contributed by atoms with van der Waals surface area (Å²) in [7, 11) is 0. The van der Waals surface area contributed by atoms with Crippen LogP contribution in [0.3, 0.4) is 0 Å². The fourth-order valence-corrected chi connectivity index (χ4v) is 9.38. The molecule has 6 nitrogen and oxygen atoms in total.